The van der Waals surface area contributed by atoms with Crippen molar-refractivity contribution in [1.82, 2.24) is 16.0 Å². The van der Waals surface area contributed by atoms with E-state index in [1.54, 1.807) is 42.5 Å². The summed E-state index contributed by atoms with van der Waals surface area (Å²) < 4.78 is 11.7. The lowest BCUT2D eigenvalue weighted by Gasteiger charge is -2.24. The minimum absolute atomic E-state index is 0.0292. The van der Waals surface area contributed by atoms with Gasteiger partial charge in [-0.15, -0.1) is 0 Å². The van der Waals surface area contributed by atoms with Gasteiger partial charge in [0.1, 0.15) is 24.4 Å². The summed E-state index contributed by atoms with van der Waals surface area (Å²) in [5.41, 5.74) is 7.45. The van der Waals surface area contributed by atoms with Crippen molar-refractivity contribution >= 4 is 34.5 Å². The molecule has 0 bridgehead atoms. The molecular formula is C25H32N4O7S. The third-order valence-corrected chi connectivity index (χ3v) is 6.20. The number of hydrogen-bond donors (Lipinski definition) is 6. The highest BCUT2D eigenvalue weighted by molar-refractivity contribution is 7.84. The lowest BCUT2D eigenvalue weighted by atomic mass is 10.0. The van der Waals surface area contributed by atoms with Crippen molar-refractivity contribution < 1.29 is 33.6 Å². The summed E-state index contributed by atoms with van der Waals surface area (Å²) in [7, 11) is -1.25. The van der Waals surface area contributed by atoms with E-state index in [1.165, 1.54) is 18.4 Å². The number of amides is 3. The first-order chi connectivity index (χ1) is 17.5. The highest BCUT2D eigenvalue weighted by Crippen LogP contribution is 2.11. The number of aromatic hydroxyl groups is 1. The van der Waals surface area contributed by atoms with E-state index >= 15 is 0 Å². The summed E-state index contributed by atoms with van der Waals surface area (Å²) in [6, 6.07) is 11.7. The lowest BCUT2D eigenvalue weighted by Crippen LogP contribution is -2.57. The molecule has 3 amide bonds. The third kappa shape index (κ3) is 10.8. The molecule has 0 heterocycles. The Kier molecular flexibility index (Phi) is 11.7. The van der Waals surface area contributed by atoms with Gasteiger partial charge >= 0.3 is 5.97 Å². The van der Waals surface area contributed by atoms with E-state index in [2.05, 4.69) is 16.0 Å². The molecule has 2 rings (SSSR count). The number of aliphatic carboxylic acids is 1. The van der Waals surface area contributed by atoms with E-state index in [1.807, 2.05) is 0 Å². The first-order valence-corrected chi connectivity index (χ1v) is 13.3. The van der Waals surface area contributed by atoms with Crippen LogP contribution in [0.4, 0.5) is 0 Å². The van der Waals surface area contributed by atoms with Gasteiger partial charge in [-0.1, -0.05) is 42.5 Å². The van der Waals surface area contributed by atoms with Gasteiger partial charge in [-0.25, -0.2) is 0 Å². The van der Waals surface area contributed by atoms with E-state index < -0.39 is 59.2 Å². The number of phenols is 1. The van der Waals surface area contributed by atoms with Crippen LogP contribution in [0.25, 0.3) is 0 Å². The fourth-order valence-corrected chi connectivity index (χ4v) is 3.99. The van der Waals surface area contributed by atoms with Crippen LogP contribution in [0.15, 0.2) is 54.6 Å². The molecule has 1 unspecified atom stereocenters. The number of rotatable bonds is 14. The summed E-state index contributed by atoms with van der Waals surface area (Å²) in [4.78, 5) is 49.5. The van der Waals surface area contributed by atoms with E-state index in [4.69, 9.17) is 10.8 Å². The molecule has 0 aliphatic carbocycles. The van der Waals surface area contributed by atoms with Crippen LogP contribution in [0.5, 0.6) is 5.75 Å². The van der Waals surface area contributed by atoms with Crippen LogP contribution in [-0.4, -0.2) is 74.8 Å². The Morgan fingerprint density at radius 3 is 2.05 bits per heavy atom. The predicted molar refractivity (Wildman–Crippen MR) is 138 cm³/mol. The van der Waals surface area contributed by atoms with E-state index in [0.29, 0.717) is 5.56 Å². The summed E-state index contributed by atoms with van der Waals surface area (Å²) in [6.45, 7) is -0.624. The second kappa shape index (κ2) is 14.7. The van der Waals surface area contributed by atoms with Gasteiger partial charge in [0.25, 0.3) is 0 Å². The Morgan fingerprint density at radius 2 is 1.46 bits per heavy atom. The van der Waals surface area contributed by atoms with Crippen molar-refractivity contribution in [2.45, 2.75) is 37.4 Å². The second-order valence-electron chi connectivity index (χ2n) is 8.47. The maximum Gasteiger partial charge on any atom is 0.322 e. The zero-order chi connectivity index (χ0) is 27.4. The van der Waals surface area contributed by atoms with Gasteiger partial charge < -0.3 is 31.9 Å². The number of nitrogens with one attached hydrogen (secondary N) is 3. The van der Waals surface area contributed by atoms with Crippen LogP contribution in [0.1, 0.15) is 17.5 Å². The normalized spacial score (nSPS) is 14.0. The van der Waals surface area contributed by atoms with Gasteiger partial charge in [-0.3, -0.25) is 23.4 Å². The Balaban J connectivity index is 2.14. The fourth-order valence-electron chi connectivity index (χ4n) is 3.43. The number of phenolic OH excluding ortho intramolecular Hbond substituents is 1. The van der Waals surface area contributed by atoms with Gasteiger partial charge in [0.15, 0.2) is 0 Å². The molecule has 2 aromatic rings. The molecule has 4 atom stereocenters. The van der Waals surface area contributed by atoms with Crippen molar-refractivity contribution in [1.29, 1.82) is 0 Å². The average molecular weight is 533 g/mol. The SMILES string of the molecule is CS(=O)CC[C@@H](NC(=O)[C@@H](N)Cc1ccc(O)cc1)C(=O)N[C@@H](Cc1ccccc1)C(=O)NCC(=O)O. The molecule has 0 saturated carbocycles. The monoisotopic (exact) mass is 532 g/mol. The Bertz CT molecular complexity index is 1100. The molecule has 12 heteroatoms. The van der Waals surface area contributed by atoms with Crippen LogP contribution >= 0.6 is 0 Å². The van der Waals surface area contributed by atoms with Crippen molar-refractivity contribution in [3.8, 4) is 5.75 Å². The first-order valence-electron chi connectivity index (χ1n) is 11.5. The minimum atomic E-state index is -1.25. The molecule has 2 aromatic carbocycles. The smallest absolute Gasteiger partial charge is 0.322 e. The van der Waals surface area contributed by atoms with Crippen LogP contribution < -0.4 is 21.7 Å². The van der Waals surface area contributed by atoms with E-state index in [0.717, 1.165) is 5.56 Å². The number of carboxylic acid groups (broad SMARTS) is 1. The van der Waals surface area contributed by atoms with Gasteiger partial charge in [-0.05, 0) is 36.1 Å². The standard InChI is InChI=1S/C25H32N4O7S/c1-37(36)12-11-20(28-23(33)19(26)13-17-7-9-18(30)10-8-17)25(35)29-21(24(34)27-15-22(31)32)14-16-5-3-2-4-6-16/h2-10,19-21,30H,11-15,26H2,1H3,(H,27,34)(H,28,33)(H,29,35)(H,31,32)/t19-,20+,21-,37?/m0/s1. The molecule has 0 aliphatic rings. The summed E-state index contributed by atoms with van der Waals surface area (Å²) in [5.74, 6) is -3.07. The van der Waals surface area contributed by atoms with Gasteiger partial charge in [0.2, 0.25) is 17.7 Å². The molecule has 0 fully saturated rings. The summed E-state index contributed by atoms with van der Waals surface area (Å²) >= 11 is 0. The molecule has 0 aliphatic heterocycles. The lowest BCUT2D eigenvalue weighted by molar-refractivity contribution is -0.138. The third-order valence-electron chi connectivity index (χ3n) is 5.39. The quantitative estimate of drug-likeness (QED) is 0.187. The predicted octanol–water partition coefficient (Wildman–Crippen LogP) is -0.556. The highest BCUT2D eigenvalue weighted by atomic mass is 32.2. The molecule has 7 N–H and O–H groups in total. The molecule has 200 valence electrons. The number of hydrogen-bond acceptors (Lipinski definition) is 7. The first kappa shape index (κ1) is 29.5. The van der Waals surface area contributed by atoms with Crippen molar-refractivity contribution in [2.24, 2.45) is 5.73 Å². The maximum absolute atomic E-state index is 13.2. The maximum atomic E-state index is 13.2. The molecule has 37 heavy (non-hydrogen) atoms. The van der Waals surface area contributed by atoms with Gasteiger partial charge in [-0.2, -0.15) is 0 Å². The van der Waals surface area contributed by atoms with Gasteiger partial charge in [0, 0.05) is 29.2 Å². The molecular weight excluding hydrogens is 500 g/mol. The van der Waals surface area contributed by atoms with Crippen LogP contribution in [0.2, 0.25) is 0 Å². The molecule has 0 radical (unpaired) electrons. The zero-order valence-corrected chi connectivity index (χ0v) is 21.2. The summed E-state index contributed by atoms with van der Waals surface area (Å²) in [6.07, 6.45) is 1.72. The Hall–Kier alpha value is -3.77. The minimum Gasteiger partial charge on any atom is -0.508 e. The fraction of sp³-hybridized carbons (Fsp3) is 0.360. The van der Waals surface area contributed by atoms with Crippen LogP contribution in [0, 0.1) is 0 Å². The number of nitrogens with two attached hydrogens (primary N) is 1. The van der Waals surface area contributed by atoms with Crippen LogP contribution in [-0.2, 0) is 42.8 Å². The average Bonchev–Trinajstić information content (AvgIpc) is 2.86. The van der Waals surface area contributed by atoms with Crippen molar-refractivity contribution in [2.75, 3.05) is 18.6 Å². The van der Waals surface area contributed by atoms with E-state index in [9.17, 15) is 28.5 Å². The number of benzene rings is 2. The largest absolute Gasteiger partial charge is 0.508 e. The van der Waals surface area contributed by atoms with Crippen molar-refractivity contribution in [3.05, 3.63) is 65.7 Å². The van der Waals surface area contributed by atoms with E-state index in [-0.39, 0.29) is 30.8 Å². The number of carbonyl (C=O) groups is 4. The highest BCUT2D eigenvalue weighted by Gasteiger charge is 2.28. The van der Waals surface area contributed by atoms with Gasteiger partial charge in [0.05, 0.1) is 6.04 Å². The zero-order valence-electron chi connectivity index (χ0n) is 20.4. The number of carbonyl (C=O) groups excluding carboxylic acids is 3. The van der Waals surface area contributed by atoms with Crippen LogP contribution in [0.3, 0.4) is 0 Å². The molecule has 11 nitrogen and oxygen atoms in total. The molecule has 0 aromatic heterocycles. The molecule has 0 saturated heterocycles. The topological polar surface area (TPSA) is 188 Å². The molecule has 0 spiro atoms. The Labute approximate surface area is 217 Å². The van der Waals surface area contributed by atoms with Crippen molar-refractivity contribution in [3.63, 3.8) is 0 Å². The second-order valence-corrected chi connectivity index (χ2v) is 10.0. The summed E-state index contributed by atoms with van der Waals surface area (Å²) in [5, 5.41) is 25.7. The Morgan fingerprint density at radius 1 is 0.865 bits per heavy atom. The number of carboxylic acids is 1.